The Balaban J connectivity index is 1.65. The van der Waals surface area contributed by atoms with Crippen molar-refractivity contribution in [3.05, 3.63) is 40.9 Å². The maximum atomic E-state index is 12.4. The summed E-state index contributed by atoms with van der Waals surface area (Å²) in [7, 11) is 0. The molecule has 4 nitrogen and oxygen atoms in total. The minimum Gasteiger partial charge on any atom is -0.341 e. The molecular weight excluding hydrogens is 306 g/mol. The van der Waals surface area contributed by atoms with E-state index in [-0.39, 0.29) is 11.9 Å². The first-order chi connectivity index (χ1) is 11.2. The lowest BCUT2D eigenvalue weighted by atomic mass is 10.1. The molecular formula is C18H23N3OS. The van der Waals surface area contributed by atoms with Crippen LogP contribution < -0.4 is 5.73 Å². The van der Waals surface area contributed by atoms with Gasteiger partial charge in [-0.1, -0.05) is 31.2 Å². The largest absolute Gasteiger partial charge is 0.341 e. The lowest BCUT2D eigenvalue weighted by Gasteiger charge is -2.30. The third-order valence-electron chi connectivity index (χ3n) is 4.30. The number of aromatic nitrogens is 1. The van der Waals surface area contributed by atoms with Crippen LogP contribution in [0.3, 0.4) is 0 Å². The van der Waals surface area contributed by atoms with Crippen molar-refractivity contribution >= 4 is 17.2 Å². The Morgan fingerprint density at radius 2 is 2.17 bits per heavy atom. The zero-order valence-corrected chi connectivity index (χ0v) is 14.3. The third-order valence-corrected chi connectivity index (χ3v) is 5.24. The number of rotatable bonds is 4. The molecule has 0 aliphatic carbocycles. The highest BCUT2D eigenvalue weighted by atomic mass is 32.1. The standard InChI is InChI=1S/C18H23N3OS/c1-2-13-5-7-14(8-6-13)18-20-16(12-23-18)10-17(22)21-9-3-4-15(19)11-21/h5-8,12,15H,2-4,9-11,19H2,1H3. The average Bonchev–Trinajstić information content (AvgIpc) is 3.03. The predicted octanol–water partition coefficient (Wildman–Crippen LogP) is 2.86. The lowest BCUT2D eigenvalue weighted by Crippen LogP contribution is -2.46. The summed E-state index contributed by atoms with van der Waals surface area (Å²) in [5, 5.41) is 2.97. The second-order valence-corrected chi connectivity index (χ2v) is 6.97. The number of nitrogens with zero attached hydrogens (tertiary/aromatic N) is 2. The quantitative estimate of drug-likeness (QED) is 0.938. The maximum Gasteiger partial charge on any atom is 0.228 e. The van der Waals surface area contributed by atoms with Gasteiger partial charge in [-0.2, -0.15) is 0 Å². The van der Waals surface area contributed by atoms with Gasteiger partial charge < -0.3 is 10.6 Å². The number of hydrogen-bond donors (Lipinski definition) is 1. The summed E-state index contributed by atoms with van der Waals surface area (Å²) in [5.41, 5.74) is 9.25. The second-order valence-electron chi connectivity index (χ2n) is 6.11. The Bertz CT molecular complexity index is 665. The minimum absolute atomic E-state index is 0.121. The first kappa shape index (κ1) is 16.1. The highest BCUT2D eigenvalue weighted by molar-refractivity contribution is 7.13. The fraction of sp³-hybridized carbons (Fsp3) is 0.444. The first-order valence-electron chi connectivity index (χ1n) is 8.22. The van der Waals surface area contributed by atoms with Crippen LogP contribution in [0.25, 0.3) is 10.6 Å². The number of carbonyl (C=O) groups excluding carboxylic acids is 1. The molecule has 0 saturated carbocycles. The number of benzene rings is 1. The molecule has 0 spiro atoms. The molecule has 1 saturated heterocycles. The van der Waals surface area contributed by atoms with E-state index in [1.807, 2.05) is 10.3 Å². The zero-order chi connectivity index (χ0) is 16.2. The smallest absolute Gasteiger partial charge is 0.228 e. The van der Waals surface area contributed by atoms with Crippen molar-refractivity contribution in [2.45, 2.75) is 38.6 Å². The van der Waals surface area contributed by atoms with Crippen molar-refractivity contribution in [1.29, 1.82) is 0 Å². The average molecular weight is 329 g/mol. The van der Waals surface area contributed by atoms with Crippen LogP contribution in [0.4, 0.5) is 0 Å². The first-order valence-corrected chi connectivity index (χ1v) is 9.10. The number of nitrogens with two attached hydrogens (primary N) is 1. The van der Waals surface area contributed by atoms with E-state index in [9.17, 15) is 4.79 Å². The van der Waals surface area contributed by atoms with Gasteiger partial charge in [0.2, 0.25) is 5.91 Å². The summed E-state index contributed by atoms with van der Waals surface area (Å²) >= 11 is 1.60. The molecule has 2 heterocycles. The topological polar surface area (TPSA) is 59.2 Å². The summed E-state index contributed by atoms with van der Waals surface area (Å²) in [5.74, 6) is 0.137. The van der Waals surface area contributed by atoms with Crippen molar-refractivity contribution in [1.82, 2.24) is 9.88 Å². The van der Waals surface area contributed by atoms with Crippen LogP contribution in [0.5, 0.6) is 0 Å². The molecule has 3 rings (SSSR count). The Labute approximate surface area is 141 Å². The summed E-state index contributed by atoms with van der Waals surface area (Å²) in [4.78, 5) is 18.9. The summed E-state index contributed by atoms with van der Waals surface area (Å²) in [6.07, 6.45) is 3.42. The number of piperidine rings is 1. The van der Waals surface area contributed by atoms with Gasteiger partial charge in [0.1, 0.15) is 5.01 Å². The van der Waals surface area contributed by atoms with Gasteiger partial charge in [-0.15, -0.1) is 11.3 Å². The van der Waals surface area contributed by atoms with Crippen molar-refractivity contribution in [2.75, 3.05) is 13.1 Å². The molecule has 0 bridgehead atoms. The highest BCUT2D eigenvalue weighted by Crippen LogP contribution is 2.24. The molecule has 1 fully saturated rings. The van der Waals surface area contributed by atoms with Gasteiger partial charge in [0.25, 0.3) is 0 Å². The third kappa shape index (κ3) is 3.98. The molecule has 0 radical (unpaired) electrons. The van der Waals surface area contributed by atoms with Crippen LogP contribution in [0, 0.1) is 0 Å². The van der Waals surface area contributed by atoms with Crippen LogP contribution in [-0.4, -0.2) is 34.9 Å². The fourth-order valence-corrected chi connectivity index (χ4v) is 3.73. The van der Waals surface area contributed by atoms with Crippen molar-refractivity contribution in [2.24, 2.45) is 5.73 Å². The van der Waals surface area contributed by atoms with Gasteiger partial charge in [-0.05, 0) is 24.8 Å². The van der Waals surface area contributed by atoms with E-state index in [1.54, 1.807) is 11.3 Å². The van der Waals surface area contributed by atoms with Crippen LogP contribution >= 0.6 is 11.3 Å². The molecule has 1 aliphatic heterocycles. The highest BCUT2D eigenvalue weighted by Gasteiger charge is 2.22. The zero-order valence-electron chi connectivity index (χ0n) is 13.5. The summed E-state index contributed by atoms with van der Waals surface area (Å²) < 4.78 is 0. The van der Waals surface area contributed by atoms with E-state index in [2.05, 4.69) is 36.2 Å². The van der Waals surface area contributed by atoms with Gasteiger partial charge in [-0.25, -0.2) is 4.98 Å². The van der Waals surface area contributed by atoms with E-state index in [1.165, 1.54) is 5.56 Å². The molecule has 1 aromatic heterocycles. The fourth-order valence-electron chi connectivity index (χ4n) is 2.91. The Morgan fingerprint density at radius 3 is 2.87 bits per heavy atom. The number of carbonyl (C=O) groups is 1. The number of likely N-dealkylation sites (tertiary alicyclic amines) is 1. The van der Waals surface area contributed by atoms with Crippen molar-refractivity contribution in [3.8, 4) is 10.6 Å². The molecule has 2 aromatic rings. The molecule has 1 atom stereocenters. The molecule has 122 valence electrons. The van der Waals surface area contributed by atoms with Gasteiger partial charge in [0, 0.05) is 30.1 Å². The van der Waals surface area contributed by atoms with Crippen LogP contribution in [0.1, 0.15) is 31.0 Å². The molecule has 23 heavy (non-hydrogen) atoms. The Hall–Kier alpha value is -1.72. The van der Waals surface area contributed by atoms with Gasteiger partial charge >= 0.3 is 0 Å². The van der Waals surface area contributed by atoms with E-state index >= 15 is 0 Å². The predicted molar refractivity (Wildman–Crippen MR) is 94.4 cm³/mol. The Kier molecular flexibility index (Phi) is 5.08. The van der Waals surface area contributed by atoms with Gasteiger partial charge in [0.05, 0.1) is 12.1 Å². The molecule has 2 N–H and O–H groups in total. The monoisotopic (exact) mass is 329 g/mol. The van der Waals surface area contributed by atoms with Crippen molar-refractivity contribution < 1.29 is 4.79 Å². The number of aryl methyl sites for hydroxylation is 1. The van der Waals surface area contributed by atoms with E-state index in [0.29, 0.717) is 13.0 Å². The Morgan fingerprint density at radius 1 is 1.39 bits per heavy atom. The van der Waals surface area contributed by atoms with Crippen LogP contribution in [-0.2, 0) is 17.6 Å². The minimum atomic E-state index is 0.121. The SMILES string of the molecule is CCc1ccc(-c2nc(CC(=O)N3CCCC(N)C3)cs2)cc1. The van der Waals surface area contributed by atoms with E-state index in [4.69, 9.17) is 5.73 Å². The normalized spacial score (nSPS) is 18.2. The van der Waals surface area contributed by atoms with Gasteiger partial charge in [-0.3, -0.25) is 4.79 Å². The lowest BCUT2D eigenvalue weighted by molar-refractivity contribution is -0.131. The molecule has 1 aliphatic rings. The number of thiazole rings is 1. The molecule has 5 heteroatoms. The van der Waals surface area contributed by atoms with Crippen LogP contribution in [0.2, 0.25) is 0 Å². The van der Waals surface area contributed by atoms with E-state index in [0.717, 1.165) is 42.1 Å². The second kappa shape index (κ2) is 7.23. The molecule has 1 aromatic carbocycles. The summed E-state index contributed by atoms with van der Waals surface area (Å²) in [6.45, 7) is 3.64. The number of amides is 1. The van der Waals surface area contributed by atoms with E-state index < -0.39 is 0 Å². The number of hydrogen-bond acceptors (Lipinski definition) is 4. The molecule has 1 unspecified atom stereocenters. The summed E-state index contributed by atoms with van der Waals surface area (Å²) in [6, 6.07) is 8.60. The maximum absolute atomic E-state index is 12.4. The van der Waals surface area contributed by atoms with Crippen molar-refractivity contribution in [3.63, 3.8) is 0 Å². The van der Waals surface area contributed by atoms with Crippen LogP contribution in [0.15, 0.2) is 29.6 Å². The molecule has 1 amide bonds. The van der Waals surface area contributed by atoms with Gasteiger partial charge in [0.15, 0.2) is 0 Å².